The smallest absolute Gasteiger partial charge is 0.267 e. The molecule has 1 atom stereocenters. The Balaban J connectivity index is 1.58. The van der Waals surface area contributed by atoms with Gasteiger partial charge in [-0.1, -0.05) is 48.0 Å². The van der Waals surface area contributed by atoms with Gasteiger partial charge in [-0.05, 0) is 43.3 Å². The molecule has 1 saturated heterocycles. The molecule has 1 fully saturated rings. The Bertz CT molecular complexity index is 1420. The number of carbonyl (C=O) groups is 2. The van der Waals surface area contributed by atoms with E-state index in [4.69, 9.17) is 16.6 Å². The molecule has 164 valence electrons. The number of benzene rings is 2. The summed E-state index contributed by atoms with van der Waals surface area (Å²) in [5, 5.41) is 4.01. The fourth-order valence-corrected chi connectivity index (χ4v) is 4.89. The van der Waals surface area contributed by atoms with Gasteiger partial charge in [-0.3, -0.25) is 9.59 Å². The van der Waals surface area contributed by atoms with Gasteiger partial charge in [0.25, 0.3) is 11.8 Å². The molecule has 5 rings (SSSR count). The van der Waals surface area contributed by atoms with Crippen LogP contribution in [0.2, 0.25) is 4.34 Å². The van der Waals surface area contributed by atoms with E-state index in [0.29, 0.717) is 26.5 Å². The summed E-state index contributed by atoms with van der Waals surface area (Å²) in [5.41, 5.74) is 2.64. The summed E-state index contributed by atoms with van der Waals surface area (Å²) in [6.07, 6.45) is 0. The Kier molecular flexibility index (Phi) is 5.54. The second-order valence-electron chi connectivity index (χ2n) is 7.68. The largest absolute Gasteiger partial charge is 0.289 e. The summed E-state index contributed by atoms with van der Waals surface area (Å²) in [7, 11) is 1.81. The highest BCUT2D eigenvalue weighted by atomic mass is 35.5. The summed E-state index contributed by atoms with van der Waals surface area (Å²) < 4.78 is 0.641. The second-order valence-corrected chi connectivity index (χ2v) is 9.40. The Labute approximate surface area is 199 Å². The van der Waals surface area contributed by atoms with Crippen molar-refractivity contribution in [3.05, 3.63) is 82.7 Å². The highest BCUT2D eigenvalue weighted by Crippen LogP contribution is 2.33. The predicted octanol–water partition coefficient (Wildman–Crippen LogP) is 5.48. The molecule has 0 radical (unpaired) electrons. The van der Waals surface area contributed by atoms with E-state index in [9.17, 15) is 9.59 Å². The van der Waals surface area contributed by atoms with E-state index >= 15 is 0 Å². The second kappa shape index (κ2) is 8.51. The van der Waals surface area contributed by atoms with E-state index in [1.54, 1.807) is 22.2 Å². The zero-order valence-corrected chi connectivity index (χ0v) is 19.5. The molecule has 1 aliphatic heterocycles. The van der Waals surface area contributed by atoms with E-state index < -0.39 is 5.91 Å². The lowest BCUT2D eigenvalue weighted by Gasteiger charge is -2.25. The van der Waals surface area contributed by atoms with Crippen LogP contribution in [-0.2, 0) is 4.79 Å². The van der Waals surface area contributed by atoms with Gasteiger partial charge in [0, 0.05) is 12.4 Å². The molecule has 1 aliphatic rings. The number of para-hydroxylation sites is 2. The van der Waals surface area contributed by atoms with E-state index in [-0.39, 0.29) is 17.7 Å². The van der Waals surface area contributed by atoms with E-state index in [1.165, 1.54) is 11.3 Å². The van der Waals surface area contributed by atoms with Gasteiger partial charge in [0.05, 0.1) is 37.7 Å². The number of amides is 2. The molecule has 8 heteroatoms. The summed E-state index contributed by atoms with van der Waals surface area (Å²) >= 11 is 7.50. The van der Waals surface area contributed by atoms with Crippen molar-refractivity contribution in [2.45, 2.75) is 13.0 Å². The monoisotopic (exact) mass is 474 g/mol. The van der Waals surface area contributed by atoms with Crippen LogP contribution in [0, 0.1) is 0 Å². The van der Waals surface area contributed by atoms with Gasteiger partial charge in [-0.15, -0.1) is 11.3 Å². The molecule has 1 unspecified atom stereocenters. The van der Waals surface area contributed by atoms with Crippen LogP contribution in [-0.4, -0.2) is 40.6 Å². The van der Waals surface area contributed by atoms with Crippen LogP contribution in [0.5, 0.6) is 0 Å². The fraction of sp³-hybridized carbons (Fsp3) is 0.120. The molecule has 4 aromatic rings. The van der Waals surface area contributed by atoms with E-state index in [1.807, 2.05) is 74.6 Å². The van der Waals surface area contributed by atoms with Gasteiger partial charge in [-0.2, -0.15) is 0 Å². The number of aromatic nitrogens is 1. The first-order valence-corrected chi connectivity index (χ1v) is 11.5. The lowest BCUT2D eigenvalue weighted by Crippen LogP contribution is -2.38. The average Bonchev–Trinajstić information content (AvgIpc) is 3.35. The first-order chi connectivity index (χ1) is 15.9. The first kappa shape index (κ1) is 21.5. The van der Waals surface area contributed by atoms with Crippen LogP contribution in [0.15, 0.2) is 77.8 Å². The van der Waals surface area contributed by atoms with Crippen molar-refractivity contribution in [1.29, 1.82) is 0 Å². The molecule has 2 aromatic carbocycles. The van der Waals surface area contributed by atoms with E-state index in [2.05, 4.69) is 4.99 Å². The topological polar surface area (TPSA) is 65.9 Å². The summed E-state index contributed by atoms with van der Waals surface area (Å²) in [5.74, 6) is -0.788. The SMILES string of the molecule is CC1C(=NC(=O)c2cc(-c3ccc(Cl)s3)nc3ccccc23)C(=O)N(c2ccccc2)N1C. The molecule has 0 aliphatic carbocycles. The molecule has 0 bridgehead atoms. The minimum absolute atomic E-state index is 0.202. The number of hydrogen-bond acceptors (Lipinski definition) is 5. The van der Waals surface area contributed by atoms with Gasteiger partial charge in [0.15, 0.2) is 0 Å². The van der Waals surface area contributed by atoms with Crippen LogP contribution in [0.1, 0.15) is 17.3 Å². The molecule has 0 saturated carbocycles. The minimum atomic E-state index is -0.476. The lowest BCUT2D eigenvalue weighted by molar-refractivity contribution is -0.113. The van der Waals surface area contributed by atoms with E-state index in [0.717, 1.165) is 10.6 Å². The number of thiophene rings is 1. The number of halogens is 1. The zero-order valence-electron chi connectivity index (χ0n) is 17.9. The van der Waals surface area contributed by atoms with Gasteiger partial charge in [0.2, 0.25) is 0 Å². The zero-order chi connectivity index (χ0) is 23.1. The number of fused-ring (bicyclic) bond motifs is 1. The number of rotatable bonds is 3. The number of aliphatic imine (C=N–C) groups is 1. The van der Waals surface area contributed by atoms with Crippen LogP contribution in [0.25, 0.3) is 21.5 Å². The number of hydrazine groups is 1. The number of pyridine rings is 1. The summed E-state index contributed by atoms with van der Waals surface area (Å²) in [6, 6.07) is 21.8. The highest BCUT2D eigenvalue weighted by molar-refractivity contribution is 7.19. The quantitative estimate of drug-likeness (QED) is 0.394. The molecule has 0 spiro atoms. The van der Waals surface area contributed by atoms with Gasteiger partial charge < -0.3 is 0 Å². The normalized spacial score (nSPS) is 17.9. The molecule has 3 heterocycles. The van der Waals surface area contributed by atoms with Crippen molar-refractivity contribution in [3.63, 3.8) is 0 Å². The maximum Gasteiger partial charge on any atom is 0.289 e. The number of anilines is 1. The standard InChI is InChI=1S/C25H19ClN4O2S/c1-15-23(25(32)30(29(15)2)16-8-4-3-5-9-16)28-24(31)18-14-20(21-12-13-22(26)33-21)27-19-11-7-6-10-17(18)19/h3-15H,1-2H3. The van der Waals surface area contributed by atoms with Crippen molar-refractivity contribution < 1.29 is 9.59 Å². The Morgan fingerprint density at radius 2 is 1.79 bits per heavy atom. The van der Waals surface area contributed by atoms with Crippen LogP contribution >= 0.6 is 22.9 Å². The van der Waals surface area contributed by atoms with Crippen molar-refractivity contribution in [2.75, 3.05) is 12.1 Å². The first-order valence-electron chi connectivity index (χ1n) is 10.3. The number of carbonyl (C=O) groups excluding carboxylic acids is 2. The van der Waals surface area contributed by atoms with Gasteiger partial charge >= 0.3 is 0 Å². The molecular weight excluding hydrogens is 456 g/mol. The average molecular weight is 475 g/mol. The minimum Gasteiger partial charge on any atom is -0.267 e. The highest BCUT2D eigenvalue weighted by Gasteiger charge is 2.40. The van der Waals surface area contributed by atoms with Crippen molar-refractivity contribution in [1.82, 2.24) is 9.99 Å². The summed E-state index contributed by atoms with van der Waals surface area (Å²) in [4.78, 5) is 36.5. The maximum atomic E-state index is 13.4. The molecule has 33 heavy (non-hydrogen) atoms. The lowest BCUT2D eigenvalue weighted by atomic mass is 10.1. The van der Waals surface area contributed by atoms with Crippen LogP contribution in [0.3, 0.4) is 0 Å². The van der Waals surface area contributed by atoms with Crippen molar-refractivity contribution in [3.8, 4) is 10.6 Å². The third kappa shape index (κ3) is 3.84. The summed E-state index contributed by atoms with van der Waals surface area (Å²) in [6.45, 7) is 1.86. The van der Waals surface area contributed by atoms with Crippen LogP contribution in [0.4, 0.5) is 5.69 Å². The molecule has 2 amide bonds. The van der Waals surface area contributed by atoms with Gasteiger partial charge in [-0.25, -0.2) is 20.0 Å². The number of nitrogens with zero attached hydrogens (tertiary/aromatic N) is 4. The van der Waals surface area contributed by atoms with Crippen LogP contribution < -0.4 is 5.01 Å². The molecule has 6 nitrogen and oxygen atoms in total. The predicted molar refractivity (Wildman–Crippen MR) is 133 cm³/mol. The fourth-order valence-electron chi connectivity index (χ4n) is 3.89. The number of hydrogen-bond donors (Lipinski definition) is 0. The van der Waals surface area contributed by atoms with Crippen molar-refractivity contribution in [2.24, 2.45) is 4.99 Å². The Morgan fingerprint density at radius 3 is 2.52 bits per heavy atom. The maximum absolute atomic E-state index is 13.4. The van der Waals surface area contributed by atoms with Gasteiger partial charge in [0.1, 0.15) is 5.71 Å². The third-order valence-electron chi connectivity index (χ3n) is 5.68. The van der Waals surface area contributed by atoms with Crippen molar-refractivity contribution >= 4 is 57.1 Å². The Hall–Kier alpha value is -3.39. The third-order valence-corrected chi connectivity index (χ3v) is 6.93. The molecular formula is C25H19ClN4O2S. The molecule has 0 N–H and O–H groups in total. The Morgan fingerprint density at radius 1 is 1.06 bits per heavy atom. The molecule has 2 aromatic heterocycles.